The standard InChI is InChI=1S/C31H25N7O2/c1-20(21-11-6-13-26(32-21)30-36-24-10-4-5-15-28(24)40-30)37-16-18-38(19-17-37)31(39)27-14-7-12-25(33-27)29-34-22-8-2-3-9-23(22)35-29/h2-15H,1,16-19H2,(H,34,35). The first-order valence-electron chi connectivity index (χ1n) is 13.1. The Balaban J connectivity index is 1.03. The van der Waals surface area contributed by atoms with Crippen LogP contribution in [0.25, 0.3) is 50.9 Å². The molecule has 0 unspecified atom stereocenters. The molecule has 0 saturated carbocycles. The third-order valence-corrected chi connectivity index (χ3v) is 7.11. The van der Waals surface area contributed by atoms with Crippen LogP contribution in [0.3, 0.4) is 0 Å². The summed E-state index contributed by atoms with van der Waals surface area (Å²) in [5.74, 6) is 1.02. The highest BCUT2D eigenvalue weighted by Crippen LogP contribution is 2.26. The van der Waals surface area contributed by atoms with E-state index in [1.54, 1.807) is 6.07 Å². The molecule has 0 radical (unpaired) electrons. The number of pyridine rings is 2. The molecular weight excluding hydrogens is 502 g/mol. The van der Waals surface area contributed by atoms with E-state index in [-0.39, 0.29) is 5.91 Å². The summed E-state index contributed by atoms with van der Waals surface area (Å²) in [6, 6.07) is 26.7. The molecule has 9 nitrogen and oxygen atoms in total. The molecular formula is C31H25N7O2. The van der Waals surface area contributed by atoms with Crippen molar-refractivity contribution in [2.75, 3.05) is 26.2 Å². The van der Waals surface area contributed by atoms with Gasteiger partial charge in [-0.1, -0.05) is 43.0 Å². The average Bonchev–Trinajstić information content (AvgIpc) is 3.65. The van der Waals surface area contributed by atoms with Gasteiger partial charge in [0.25, 0.3) is 5.91 Å². The lowest BCUT2D eigenvalue weighted by atomic mass is 10.2. The zero-order chi connectivity index (χ0) is 27.1. The van der Waals surface area contributed by atoms with E-state index in [0.717, 1.165) is 33.5 Å². The van der Waals surface area contributed by atoms with Gasteiger partial charge in [0.1, 0.15) is 22.6 Å². The lowest BCUT2D eigenvalue weighted by Gasteiger charge is -2.36. The van der Waals surface area contributed by atoms with E-state index in [1.165, 1.54) is 0 Å². The number of carbonyl (C=O) groups is 1. The summed E-state index contributed by atoms with van der Waals surface area (Å²) in [7, 11) is 0. The Morgan fingerprint density at radius 2 is 1.38 bits per heavy atom. The minimum Gasteiger partial charge on any atom is -0.435 e. The van der Waals surface area contributed by atoms with Crippen molar-refractivity contribution in [1.82, 2.24) is 34.7 Å². The third-order valence-electron chi connectivity index (χ3n) is 7.11. The quantitative estimate of drug-likeness (QED) is 0.326. The van der Waals surface area contributed by atoms with Gasteiger partial charge in [-0.25, -0.2) is 19.9 Å². The normalized spacial score (nSPS) is 13.7. The number of hydrogen-bond donors (Lipinski definition) is 1. The average molecular weight is 528 g/mol. The molecule has 7 rings (SSSR count). The van der Waals surface area contributed by atoms with Gasteiger partial charge in [0.2, 0.25) is 5.89 Å². The molecule has 0 bridgehead atoms. The van der Waals surface area contributed by atoms with Crippen LogP contribution in [0.2, 0.25) is 0 Å². The number of benzene rings is 2. The van der Waals surface area contributed by atoms with Crippen LogP contribution < -0.4 is 0 Å². The van der Waals surface area contributed by atoms with Crippen molar-refractivity contribution in [3.05, 3.63) is 103 Å². The number of rotatable bonds is 5. The highest BCUT2D eigenvalue weighted by Gasteiger charge is 2.25. The van der Waals surface area contributed by atoms with Crippen molar-refractivity contribution >= 4 is 33.7 Å². The highest BCUT2D eigenvalue weighted by atomic mass is 16.3. The Labute approximate surface area is 229 Å². The molecule has 6 aromatic rings. The predicted octanol–water partition coefficient (Wildman–Crippen LogP) is 5.26. The summed E-state index contributed by atoms with van der Waals surface area (Å²) in [4.78, 5) is 39.2. The van der Waals surface area contributed by atoms with Gasteiger partial charge in [-0.2, -0.15) is 0 Å². The van der Waals surface area contributed by atoms with Crippen molar-refractivity contribution in [2.45, 2.75) is 0 Å². The first-order valence-corrected chi connectivity index (χ1v) is 13.1. The van der Waals surface area contributed by atoms with Crippen molar-refractivity contribution < 1.29 is 9.21 Å². The molecule has 1 aliphatic rings. The number of para-hydroxylation sites is 4. The minimum atomic E-state index is -0.0979. The van der Waals surface area contributed by atoms with Crippen LogP contribution in [0.5, 0.6) is 0 Å². The van der Waals surface area contributed by atoms with Crippen molar-refractivity contribution in [3.63, 3.8) is 0 Å². The smallest absolute Gasteiger partial charge is 0.272 e. The van der Waals surface area contributed by atoms with E-state index in [4.69, 9.17) is 9.40 Å². The monoisotopic (exact) mass is 527 g/mol. The summed E-state index contributed by atoms with van der Waals surface area (Å²) in [5, 5.41) is 0. The second-order valence-electron chi connectivity index (χ2n) is 9.63. The molecule has 40 heavy (non-hydrogen) atoms. The Bertz CT molecular complexity index is 1680. The lowest BCUT2D eigenvalue weighted by molar-refractivity contribution is 0.0680. The number of nitrogens with one attached hydrogen (secondary N) is 1. The lowest BCUT2D eigenvalue weighted by Crippen LogP contribution is -2.48. The number of aromatic amines is 1. The van der Waals surface area contributed by atoms with Crippen LogP contribution in [0, 0.1) is 0 Å². The van der Waals surface area contributed by atoms with Gasteiger partial charge in [-0.3, -0.25) is 4.79 Å². The molecule has 1 amide bonds. The number of nitrogens with zero attached hydrogens (tertiary/aromatic N) is 6. The molecule has 0 atom stereocenters. The molecule has 4 aromatic heterocycles. The Morgan fingerprint density at radius 3 is 2.17 bits per heavy atom. The van der Waals surface area contributed by atoms with Gasteiger partial charge in [-0.05, 0) is 48.5 Å². The van der Waals surface area contributed by atoms with Gasteiger partial charge >= 0.3 is 0 Å². The zero-order valence-corrected chi connectivity index (χ0v) is 21.6. The molecule has 1 N–H and O–H groups in total. The largest absolute Gasteiger partial charge is 0.435 e. The maximum absolute atomic E-state index is 13.3. The van der Waals surface area contributed by atoms with Gasteiger partial charge in [0.15, 0.2) is 11.4 Å². The van der Waals surface area contributed by atoms with E-state index in [9.17, 15) is 4.79 Å². The van der Waals surface area contributed by atoms with Gasteiger partial charge in [-0.15, -0.1) is 0 Å². The van der Waals surface area contributed by atoms with Gasteiger partial charge in [0.05, 0.1) is 22.4 Å². The predicted molar refractivity (Wildman–Crippen MR) is 153 cm³/mol. The van der Waals surface area contributed by atoms with E-state index < -0.39 is 0 Å². The van der Waals surface area contributed by atoms with E-state index in [2.05, 4.69) is 31.4 Å². The number of hydrogen-bond acceptors (Lipinski definition) is 7. The molecule has 0 aliphatic carbocycles. The van der Waals surface area contributed by atoms with Gasteiger partial charge in [0, 0.05) is 26.2 Å². The van der Waals surface area contributed by atoms with E-state index in [1.807, 2.05) is 83.8 Å². The highest BCUT2D eigenvalue weighted by molar-refractivity contribution is 5.93. The van der Waals surface area contributed by atoms with E-state index in [0.29, 0.717) is 55.0 Å². The van der Waals surface area contributed by atoms with E-state index >= 15 is 0 Å². The molecule has 196 valence electrons. The molecule has 9 heteroatoms. The number of piperazine rings is 1. The van der Waals surface area contributed by atoms with Crippen LogP contribution in [0.1, 0.15) is 16.2 Å². The molecule has 0 spiro atoms. The molecule has 5 heterocycles. The summed E-state index contributed by atoms with van der Waals surface area (Å²) < 4.78 is 5.90. The van der Waals surface area contributed by atoms with Crippen molar-refractivity contribution in [3.8, 4) is 23.1 Å². The zero-order valence-electron chi connectivity index (χ0n) is 21.6. The molecule has 1 saturated heterocycles. The van der Waals surface area contributed by atoms with Crippen LogP contribution in [-0.2, 0) is 0 Å². The number of oxazole rings is 1. The summed E-state index contributed by atoms with van der Waals surface area (Å²) in [6.07, 6.45) is 0. The fourth-order valence-electron chi connectivity index (χ4n) is 4.96. The second-order valence-corrected chi connectivity index (χ2v) is 9.63. The van der Waals surface area contributed by atoms with Crippen LogP contribution >= 0.6 is 0 Å². The number of H-pyrrole nitrogens is 1. The van der Waals surface area contributed by atoms with Crippen molar-refractivity contribution in [1.29, 1.82) is 0 Å². The minimum absolute atomic E-state index is 0.0979. The number of carbonyl (C=O) groups excluding carboxylic acids is 1. The molecule has 1 fully saturated rings. The number of fused-ring (bicyclic) bond motifs is 2. The Hall–Kier alpha value is -5.31. The van der Waals surface area contributed by atoms with Crippen LogP contribution in [0.4, 0.5) is 0 Å². The first-order chi connectivity index (χ1) is 19.6. The topological polar surface area (TPSA) is 104 Å². The third kappa shape index (κ3) is 4.37. The summed E-state index contributed by atoms with van der Waals surface area (Å²) in [5.41, 5.74) is 6.55. The Kier molecular flexibility index (Phi) is 5.81. The molecule has 2 aromatic carbocycles. The second kappa shape index (κ2) is 9.77. The maximum Gasteiger partial charge on any atom is 0.272 e. The fraction of sp³-hybridized carbons (Fsp3) is 0.129. The van der Waals surface area contributed by atoms with Crippen LogP contribution in [-0.4, -0.2) is 66.8 Å². The van der Waals surface area contributed by atoms with Crippen molar-refractivity contribution in [2.24, 2.45) is 0 Å². The SMILES string of the molecule is C=C(c1cccc(-c2nc3ccccc3o2)n1)N1CCN(C(=O)c2cccc(-c3nc4ccccc4[nH]3)n2)CC1. The summed E-state index contributed by atoms with van der Waals surface area (Å²) >= 11 is 0. The molecule has 1 aliphatic heterocycles. The fourth-order valence-corrected chi connectivity index (χ4v) is 4.96. The number of amides is 1. The Morgan fingerprint density at radius 1 is 0.700 bits per heavy atom. The van der Waals surface area contributed by atoms with Gasteiger partial charge < -0.3 is 19.2 Å². The number of aromatic nitrogens is 5. The maximum atomic E-state index is 13.3. The number of imidazole rings is 1. The van der Waals surface area contributed by atoms with Crippen LogP contribution in [0.15, 0.2) is 95.9 Å². The first kappa shape index (κ1) is 23.8. The summed E-state index contributed by atoms with van der Waals surface area (Å²) in [6.45, 7) is 6.70.